The summed E-state index contributed by atoms with van der Waals surface area (Å²) in [6.45, 7) is 2.81. The zero-order valence-electron chi connectivity index (χ0n) is 11.3. The van der Waals surface area contributed by atoms with Crippen LogP contribution >= 0.6 is 0 Å². The smallest absolute Gasteiger partial charge is 0.321 e. The summed E-state index contributed by atoms with van der Waals surface area (Å²) in [6.07, 6.45) is 0.306. The fourth-order valence-electron chi connectivity index (χ4n) is 1.99. The number of carbonyl (C=O) groups excluding carboxylic acids is 3. The standard InChI is InChI=1S/C14H17N3O3/c1-10(18)11-3-2-4-12(9-11)16-14(20)17-7-5-13(19)15-6-8-17/h2-4,9H,5-8H2,1H3,(H,15,19)(H,16,20). The van der Waals surface area contributed by atoms with Gasteiger partial charge in [0.25, 0.3) is 0 Å². The molecule has 0 bridgehead atoms. The predicted octanol–water partition coefficient (Wildman–Crippen LogP) is 1.24. The number of nitrogens with zero attached hydrogens (tertiary/aromatic N) is 1. The lowest BCUT2D eigenvalue weighted by atomic mass is 10.1. The van der Waals surface area contributed by atoms with Gasteiger partial charge in [-0.2, -0.15) is 0 Å². The molecule has 1 aromatic rings. The highest BCUT2D eigenvalue weighted by molar-refractivity contribution is 5.96. The van der Waals surface area contributed by atoms with Crippen molar-refractivity contribution >= 4 is 23.4 Å². The Balaban J connectivity index is 2.02. The Hall–Kier alpha value is -2.37. The number of urea groups is 1. The van der Waals surface area contributed by atoms with E-state index in [-0.39, 0.29) is 17.7 Å². The number of hydrogen-bond acceptors (Lipinski definition) is 3. The van der Waals surface area contributed by atoms with Crippen LogP contribution in [0.25, 0.3) is 0 Å². The molecule has 1 saturated heterocycles. The molecular formula is C14H17N3O3. The van der Waals surface area contributed by atoms with Crippen molar-refractivity contribution in [3.05, 3.63) is 29.8 Å². The Kier molecular flexibility index (Phi) is 4.34. The molecule has 1 heterocycles. The van der Waals surface area contributed by atoms with Gasteiger partial charge in [0.2, 0.25) is 5.91 Å². The van der Waals surface area contributed by atoms with E-state index >= 15 is 0 Å². The second-order valence-electron chi connectivity index (χ2n) is 4.65. The molecule has 0 radical (unpaired) electrons. The van der Waals surface area contributed by atoms with E-state index in [0.29, 0.717) is 37.3 Å². The van der Waals surface area contributed by atoms with Crippen LogP contribution in [0.4, 0.5) is 10.5 Å². The summed E-state index contributed by atoms with van der Waals surface area (Å²) in [6, 6.07) is 6.53. The van der Waals surface area contributed by atoms with Crippen LogP contribution in [-0.4, -0.2) is 42.3 Å². The maximum absolute atomic E-state index is 12.1. The zero-order valence-corrected chi connectivity index (χ0v) is 11.3. The zero-order chi connectivity index (χ0) is 14.5. The second kappa shape index (κ2) is 6.18. The molecule has 6 heteroatoms. The first kappa shape index (κ1) is 14.0. The monoisotopic (exact) mass is 275 g/mol. The van der Waals surface area contributed by atoms with E-state index in [1.807, 2.05) is 0 Å². The largest absolute Gasteiger partial charge is 0.354 e. The molecule has 1 aromatic carbocycles. The molecule has 0 atom stereocenters. The van der Waals surface area contributed by atoms with Crippen LogP contribution in [0, 0.1) is 0 Å². The number of anilines is 1. The number of hydrogen-bond donors (Lipinski definition) is 2. The summed E-state index contributed by atoms with van der Waals surface area (Å²) in [5, 5.41) is 5.46. The first-order chi connectivity index (χ1) is 9.56. The second-order valence-corrected chi connectivity index (χ2v) is 4.65. The number of amides is 3. The van der Waals surface area contributed by atoms with Crippen LogP contribution in [0.5, 0.6) is 0 Å². The van der Waals surface area contributed by atoms with Gasteiger partial charge < -0.3 is 15.5 Å². The Morgan fingerprint density at radius 1 is 1.30 bits per heavy atom. The summed E-state index contributed by atoms with van der Waals surface area (Å²) in [7, 11) is 0. The first-order valence-corrected chi connectivity index (χ1v) is 6.50. The van der Waals surface area contributed by atoms with Gasteiger partial charge in [0.1, 0.15) is 0 Å². The van der Waals surface area contributed by atoms with Gasteiger partial charge >= 0.3 is 6.03 Å². The highest BCUT2D eigenvalue weighted by Gasteiger charge is 2.18. The van der Waals surface area contributed by atoms with Crippen molar-refractivity contribution in [2.45, 2.75) is 13.3 Å². The van der Waals surface area contributed by atoms with Crippen LogP contribution in [0.1, 0.15) is 23.7 Å². The van der Waals surface area contributed by atoms with Crippen LogP contribution in [-0.2, 0) is 4.79 Å². The number of benzene rings is 1. The van der Waals surface area contributed by atoms with Crippen molar-refractivity contribution in [2.24, 2.45) is 0 Å². The van der Waals surface area contributed by atoms with Crippen LogP contribution in [0.15, 0.2) is 24.3 Å². The molecule has 1 aliphatic heterocycles. The molecule has 0 unspecified atom stereocenters. The summed E-state index contributed by atoms with van der Waals surface area (Å²) in [5.41, 5.74) is 1.13. The maximum Gasteiger partial charge on any atom is 0.321 e. The molecule has 2 N–H and O–H groups in total. The van der Waals surface area contributed by atoms with E-state index in [0.717, 1.165) is 0 Å². The molecule has 6 nitrogen and oxygen atoms in total. The lowest BCUT2D eigenvalue weighted by Crippen LogP contribution is -2.37. The van der Waals surface area contributed by atoms with Gasteiger partial charge in [0.05, 0.1) is 0 Å². The molecule has 3 amide bonds. The average molecular weight is 275 g/mol. The van der Waals surface area contributed by atoms with E-state index in [2.05, 4.69) is 10.6 Å². The number of carbonyl (C=O) groups is 3. The lowest BCUT2D eigenvalue weighted by Gasteiger charge is -2.20. The molecular weight excluding hydrogens is 258 g/mol. The van der Waals surface area contributed by atoms with Gasteiger partial charge in [-0.3, -0.25) is 9.59 Å². The van der Waals surface area contributed by atoms with Gasteiger partial charge in [-0.15, -0.1) is 0 Å². The third-order valence-electron chi connectivity index (χ3n) is 3.12. The minimum atomic E-state index is -0.262. The molecule has 0 spiro atoms. The van der Waals surface area contributed by atoms with Gasteiger partial charge in [0, 0.05) is 37.3 Å². The third-order valence-corrected chi connectivity index (χ3v) is 3.12. The van der Waals surface area contributed by atoms with Gasteiger partial charge in [-0.05, 0) is 19.1 Å². The summed E-state index contributed by atoms with van der Waals surface area (Å²) < 4.78 is 0. The van der Waals surface area contributed by atoms with Crippen molar-refractivity contribution in [3.8, 4) is 0 Å². The Labute approximate surface area is 117 Å². The molecule has 20 heavy (non-hydrogen) atoms. The summed E-state index contributed by atoms with van der Waals surface area (Å²) in [4.78, 5) is 36.2. The fourth-order valence-corrected chi connectivity index (χ4v) is 1.99. The number of nitrogens with one attached hydrogen (secondary N) is 2. The van der Waals surface area contributed by atoms with Gasteiger partial charge in [0.15, 0.2) is 5.78 Å². The van der Waals surface area contributed by atoms with Gasteiger partial charge in [-0.1, -0.05) is 12.1 Å². The Morgan fingerprint density at radius 2 is 2.10 bits per heavy atom. The Morgan fingerprint density at radius 3 is 2.85 bits per heavy atom. The molecule has 0 aliphatic carbocycles. The van der Waals surface area contributed by atoms with E-state index < -0.39 is 0 Å². The maximum atomic E-state index is 12.1. The van der Waals surface area contributed by atoms with Crippen LogP contribution in [0.2, 0.25) is 0 Å². The van der Waals surface area contributed by atoms with Crippen LogP contribution < -0.4 is 10.6 Å². The van der Waals surface area contributed by atoms with E-state index in [1.165, 1.54) is 6.92 Å². The first-order valence-electron chi connectivity index (χ1n) is 6.50. The van der Waals surface area contributed by atoms with E-state index in [4.69, 9.17) is 0 Å². The van der Waals surface area contributed by atoms with Crippen molar-refractivity contribution < 1.29 is 14.4 Å². The molecule has 0 aromatic heterocycles. The van der Waals surface area contributed by atoms with Crippen LogP contribution in [0.3, 0.4) is 0 Å². The molecule has 106 valence electrons. The van der Waals surface area contributed by atoms with Crippen molar-refractivity contribution in [2.75, 3.05) is 25.0 Å². The molecule has 2 rings (SSSR count). The van der Waals surface area contributed by atoms with Gasteiger partial charge in [-0.25, -0.2) is 4.79 Å². The fraction of sp³-hybridized carbons (Fsp3) is 0.357. The van der Waals surface area contributed by atoms with Crippen molar-refractivity contribution in [3.63, 3.8) is 0 Å². The normalized spacial score (nSPS) is 15.2. The minimum absolute atomic E-state index is 0.0427. The topological polar surface area (TPSA) is 78.5 Å². The molecule has 1 fully saturated rings. The number of ketones is 1. The van der Waals surface area contributed by atoms with E-state index in [9.17, 15) is 14.4 Å². The summed E-state index contributed by atoms with van der Waals surface area (Å²) >= 11 is 0. The third kappa shape index (κ3) is 3.57. The van der Waals surface area contributed by atoms with Crippen molar-refractivity contribution in [1.29, 1.82) is 0 Å². The highest BCUT2D eigenvalue weighted by atomic mass is 16.2. The minimum Gasteiger partial charge on any atom is -0.354 e. The Bertz CT molecular complexity index is 542. The van der Waals surface area contributed by atoms with E-state index in [1.54, 1.807) is 29.2 Å². The average Bonchev–Trinajstić information content (AvgIpc) is 2.64. The highest BCUT2D eigenvalue weighted by Crippen LogP contribution is 2.12. The predicted molar refractivity (Wildman–Crippen MR) is 74.7 cm³/mol. The quantitative estimate of drug-likeness (QED) is 0.797. The SMILES string of the molecule is CC(=O)c1cccc(NC(=O)N2CCNC(=O)CC2)c1. The number of Topliss-reactive ketones (excluding diaryl/α,β-unsaturated/α-hetero) is 1. The lowest BCUT2D eigenvalue weighted by molar-refractivity contribution is -0.120. The summed E-state index contributed by atoms with van der Waals surface area (Å²) in [5.74, 6) is -0.0930. The number of rotatable bonds is 2. The van der Waals surface area contributed by atoms with Crippen molar-refractivity contribution in [1.82, 2.24) is 10.2 Å². The molecule has 0 saturated carbocycles. The molecule has 1 aliphatic rings.